The number of thioether (sulfide) groups is 1. The Morgan fingerprint density at radius 2 is 1.81 bits per heavy atom. The molecule has 0 bridgehead atoms. The number of rotatable bonds is 6. The first kappa shape index (κ1) is 17.8. The largest absolute Gasteiger partial charge is 0.457 e. The summed E-state index contributed by atoms with van der Waals surface area (Å²) in [7, 11) is 0. The molecule has 0 aliphatic carbocycles. The standard InChI is InChI=1S/C22H17NO2S2/c24-22(25-12-18-6-3-5-16-4-1-2-7-21(16)18)17-8-10-20(11-9-17)27-14-19-13-26-15-23-19/h1-11,13,15H,12,14H2. The van der Waals surface area contributed by atoms with E-state index < -0.39 is 0 Å². The van der Waals surface area contributed by atoms with Gasteiger partial charge in [0.1, 0.15) is 6.61 Å². The zero-order valence-corrected chi connectivity index (χ0v) is 16.1. The van der Waals surface area contributed by atoms with E-state index in [9.17, 15) is 4.79 Å². The van der Waals surface area contributed by atoms with Gasteiger partial charge in [0.05, 0.1) is 16.8 Å². The lowest BCUT2D eigenvalue weighted by Gasteiger charge is -2.08. The molecule has 0 atom stereocenters. The van der Waals surface area contributed by atoms with Gasteiger partial charge in [-0.25, -0.2) is 9.78 Å². The SMILES string of the molecule is O=C(OCc1cccc2ccccc12)c1ccc(SCc2cscn2)cc1. The Hall–Kier alpha value is -2.63. The molecule has 1 heterocycles. The Morgan fingerprint density at radius 1 is 1.00 bits per heavy atom. The number of aromatic nitrogens is 1. The summed E-state index contributed by atoms with van der Waals surface area (Å²) in [5.41, 5.74) is 4.49. The van der Waals surface area contributed by atoms with E-state index in [0.29, 0.717) is 5.56 Å². The van der Waals surface area contributed by atoms with Crippen LogP contribution in [0.25, 0.3) is 10.8 Å². The van der Waals surface area contributed by atoms with Gasteiger partial charge in [0, 0.05) is 16.0 Å². The van der Waals surface area contributed by atoms with Crippen LogP contribution < -0.4 is 0 Å². The van der Waals surface area contributed by atoms with Crippen LogP contribution >= 0.6 is 23.1 Å². The Kier molecular flexibility index (Phi) is 5.51. The molecule has 1 aromatic heterocycles. The fourth-order valence-electron chi connectivity index (χ4n) is 2.80. The molecule has 134 valence electrons. The van der Waals surface area contributed by atoms with Gasteiger partial charge in [-0.2, -0.15) is 0 Å². The number of hydrogen-bond acceptors (Lipinski definition) is 5. The van der Waals surface area contributed by atoms with Crippen molar-refractivity contribution in [1.82, 2.24) is 4.98 Å². The van der Waals surface area contributed by atoms with Gasteiger partial charge in [-0.1, -0.05) is 42.5 Å². The predicted molar refractivity (Wildman–Crippen MR) is 111 cm³/mol. The molecule has 3 aromatic carbocycles. The average molecular weight is 392 g/mol. The Balaban J connectivity index is 1.38. The topological polar surface area (TPSA) is 39.2 Å². The molecule has 0 radical (unpaired) electrons. The fourth-order valence-corrected chi connectivity index (χ4v) is 4.26. The van der Waals surface area contributed by atoms with Crippen molar-refractivity contribution in [2.75, 3.05) is 0 Å². The van der Waals surface area contributed by atoms with Crippen LogP contribution in [0.1, 0.15) is 21.6 Å². The molecule has 0 saturated carbocycles. The highest BCUT2D eigenvalue weighted by Gasteiger charge is 2.09. The molecule has 0 amide bonds. The van der Waals surface area contributed by atoms with Crippen LogP contribution in [0.15, 0.2) is 82.5 Å². The van der Waals surface area contributed by atoms with Crippen LogP contribution in [-0.4, -0.2) is 11.0 Å². The number of carbonyl (C=O) groups excluding carboxylic acids is 1. The van der Waals surface area contributed by atoms with Crippen molar-refractivity contribution in [3.05, 3.63) is 94.4 Å². The Morgan fingerprint density at radius 3 is 2.63 bits per heavy atom. The monoisotopic (exact) mass is 391 g/mol. The maximum absolute atomic E-state index is 12.4. The Labute approximate surface area is 166 Å². The molecule has 0 unspecified atom stereocenters. The third kappa shape index (κ3) is 4.38. The van der Waals surface area contributed by atoms with Crippen molar-refractivity contribution in [2.45, 2.75) is 17.3 Å². The molecule has 3 nitrogen and oxygen atoms in total. The summed E-state index contributed by atoms with van der Waals surface area (Å²) in [4.78, 5) is 17.8. The van der Waals surface area contributed by atoms with Crippen LogP contribution in [0.4, 0.5) is 0 Å². The van der Waals surface area contributed by atoms with Crippen LogP contribution in [-0.2, 0) is 17.1 Å². The minimum absolute atomic E-state index is 0.264. The highest BCUT2D eigenvalue weighted by molar-refractivity contribution is 7.98. The van der Waals surface area contributed by atoms with Gasteiger partial charge < -0.3 is 4.74 Å². The van der Waals surface area contributed by atoms with E-state index in [1.54, 1.807) is 23.1 Å². The van der Waals surface area contributed by atoms with Gasteiger partial charge in [-0.15, -0.1) is 23.1 Å². The maximum atomic E-state index is 12.4. The van der Waals surface area contributed by atoms with Crippen LogP contribution in [0.5, 0.6) is 0 Å². The molecule has 4 rings (SSSR count). The van der Waals surface area contributed by atoms with E-state index in [1.165, 1.54) is 0 Å². The van der Waals surface area contributed by atoms with Gasteiger partial charge in [0.25, 0.3) is 0 Å². The first-order valence-corrected chi connectivity index (χ1v) is 10.5. The minimum Gasteiger partial charge on any atom is -0.457 e. The van der Waals surface area contributed by atoms with Crippen LogP contribution in [0.2, 0.25) is 0 Å². The third-order valence-corrected chi connectivity index (χ3v) is 5.88. The maximum Gasteiger partial charge on any atom is 0.338 e. The van der Waals surface area contributed by atoms with Gasteiger partial charge in [0.2, 0.25) is 0 Å². The molecule has 0 fully saturated rings. The van der Waals surface area contributed by atoms with E-state index in [2.05, 4.69) is 17.1 Å². The van der Waals surface area contributed by atoms with Crippen LogP contribution in [0, 0.1) is 0 Å². The summed E-state index contributed by atoms with van der Waals surface area (Å²) in [5, 5.41) is 4.31. The highest BCUT2D eigenvalue weighted by atomic mass is 32.2. The van der Waals surface area contributed by atoms with Crippen molar-refractivity contribution in [2.24, 2.45) is 0 Å². The first-order chi connectivity index (χ1) is 13.3. The number of hydrogen-bond donors (Lipinski definition) is 0. The van der Waals surface area contributed by atoms with Gasteiger partial charge in [-0.05, 0) is 40.6 Å². The normalized spacial score (nSPS) is 10.8. The lowest BCUT2D eigenvalue weighted by Crippen LogP contribution is -2.05. The molecule has 27 heavy (non-hydrogen) atoms. The number of benzene rings is 3. The number of fused-ring (bicyclic) bond motifs is 1. The van der Waals surface area contributed by atoms with Gasteiger partial charge in [-0.3, -0.25) is 0 Å². The number of thiazole rings is 1. The minimum atomic E-state index is -0.306. The van der Waals surface area contributed by atoms with E-state index in [4.69, 9.17) is 4.74 Å². The summed E-state index contributed by atoms with van der Waals surface area (Å²) in [6.45, 7) is 0.264. The summed E-state index contributed by atoms with van der Waals surface area (Å²) in [5.74, 6) is 0.521. The molecule has 0 spiro atoms. The summed E-state index contributed by atoms with van der Waals surface area (Å²) in [6, 6.07) is 21.7. The van der Waals surface area contributed by atoms with Crippen molar-refractivity contribution < 1.29 is 9.53 Å². The average Bonchev–Trinajstić information content (AvgIpc) is 3.24. The van der Waals surface area contributed by atoms with E-state index >= 15 is 0 Å². The lowest BCUT2D eigenvalue weighted by molar-refractivity contribution is 0.0474. The lowest BCUT2D eigenvalue weighted by atomic mass is 10.1. The summed E-state index contributed by atoms with van der Waals surface area (Å²) < 4.78 is 5.53. The second-order valence-electron chi connectivity index (χ2n) is 6.01. The number of esters is 1. The number of nitrogens with zero attached hydrogens (tertiary/aromatic N) is 1. The predicted octanol–water partition coefficient (Wildman–Crippen LogP) is 5.95. The summed E-state index contributed by atoms with van der Waals surface area (Å²) in [6.07, 6.45) is 0. The molecular formula is C22H17NO2S2. The van der Waals surface area contributed by atoms with E-state index in [-0.39, 0.29) is 12.6 Å². The molecule has 5 heteroatoms. The zero-order chi connectivity index (χ0) is 18.5. The molecular weight excluding hydrogens is 374 g/mol. The number of carbonyl (C=O) groups is 1. The molecule has 4 aromatic rings. The van der Waals surface area contributed by atoms with Crippen molar-refractivity contribution in [3.8, 4) is 0 Å². The first-order valence-electron chi connectivity index (χ1n) is 8.53. The molecule has 0 N–H and O–H groups in total. The molecule has 0 saturated heterocycles. The third-order valence-electron chi connectivity index (χ3n) is 4.20. The van der Waals surface area contributed by atoms with Gasteiger partial charge in [0.15, 0.2) is 0 Å². The molecule has 0 aliphatic heterocycles. The van der Waals surface area contributed by atoms with Crippen LogP contribution in [0.3, 0.4) is 0 Å². The zero-order valence-electron chi connectivity index (χ0n) is 14.5. The van der Waals surface area contributed by atoms with E-state index in [0.717, 1.165) is 32.7 Å². The second-order valence-corrected chi connectivity index (χ2v) is 7.77. The van der Waals surface area contributed by atoms with Crippen molar-refractivity contribution in [1.29, 1.82) is 0 Å². The highest BCUT2D eigenvalue weighted by Crippen LogP contribution is 2.24. The van der Waals surface area contributed by atoms with Gasteiger partial charge >= 0.3 is 5.97 Å². The quantitative estimate of drug-likeness (QED) is 0.301. The van der Waals surface area contributed by atoms with Crippen molar-refractivity contribution in [3.63, 3.8) is 0 Å². The van der Waals surface area contributed by atoms with Crippen molar-refractivity contribution >= 4 is 39.8 Å². The fraction of sp³-hybridized carbons (Fsp3) is 0.0909. The molecule has 0 aliphatic rings. The summed E-state index contributed by atoms with van der Waals surface area (Å²) >= 11 is 3.30. The van der Waals surface area contributed by atoms with E-state index in [1.807, 2.05) is 65.5 Å². The second kappa shape index (κ2) is 8.37. The Bertz CT molecular complexity index is 1040. The number of ether oxygens (including phenoxy) is 1. The smallest absolute Gasteiger partial charge is 0.338 e.